The maximum atomic E-state index is 13.2. The van der Waals surface area contributed by atoms with Crippen molar-refractivity contribution in [1.82, 2.24) is 19.4 Å². The molecule has 0 aliphatic carbocycles. The molecule has 2 fully saturated rings. The Morgan fingerprint density at radius 1 is 1.16 bits per heavy atom. The number of ether oxygens (including phenoxy) is 1. The molecule has 8 heteroatoms. The Morgan fingerprint density at radius 3 is 2.81 bits per heavy atom. The largest absolute Gasteiger partial charge is 0.383 e. The number of rotatable bonds is 7. The molecular weight excluding hydrogens is 396 g/mol. The predicted octanol–water partition coefficient (Wildman–Crippen LogP) is 1.43. The Balaban J connectivity index is 1.54. The summed E-state index contributed by atoms with van der Waals surface area (Å²) >= 11 is 0. The fourth-order valence-corrected chi connectivity index (χ4v) is 5.17. The number of H-pyrrole nitrogens is 1. The lowest BCUT2D eigenvalue weighted by Gasteiger charge is -2.45. The van der Waals surface area contributed by atoms with Crippen molar-refractivity contribution < 1.29 is 9.53 Å². The minimum atomic E-state index is -0.556. The highest BCUT2D eigenvalue weighted by Gasteiger charge is 2.34. The number of benzene rings is 1. The molecule has 2 saturated heterocycles. The van der Waals surface area contributed by atoms with Crippen LogP contribution in [0.15, 0.2) is 33.9 Å². The molecule has 0 saturated carbocycles. The number of para-hydroxylation sites is 1. The SMILES string of the molecule is COCCN(C[C@@H]1CCCN2CCCC[C@@H]12)C(=O)Cn1c(=O)[nH]c2ccccc2c1=O. The van der Waals surface area contributed by atoms with Gasteiger partial charge in [0.2, 0.25) is 5.91 Å². The Morgan fingerprint density at radius 2 is 1.97 bits per heavy atom. The highest BCUT2D eigenvalue weighted by Crippen LogP contribution is 2.31. The number of carbonyl (C=O) groups excluding carboxylic acids is 1. The molecule has 31 heavy (non-hydrogen) atoms. The van der Waals surface area contributed by atoms with E-state index in [1.54, 1.807) is 36.3 Å². The molecule has 0 radical (unpaired) electrons. The third-order valence-corrected chi connectivity index (χ3v) is 6.78. The van der Waals surface area contributed by atoms with E-state index in [0.717, 1.165) is 30.5 Å². The Kier molecular flexibility index (Phi) is 6.87. The van der Waals surface area contributed by atoms with Crippen molar-refractivity contribution in [2.45, 2.75) is 44.7 Å². The van der Waals surface area contributed by atoms with Gasteiger partial charge in [-0.3, -0.25) is 14.2 Å². The fourth-order valence-electron chi connectivity index (χ4n) is 5.17. The molecule has 1 aromatic heterocycles. The van der Waals surface area contributed by atoms with Gasteiger partial charge in [0.05, 0.1) is 17.5 Å². The molecule has 1 amide bonds. The Hall–Kier alpha value is -2.45. The van der Waals surface area contributed by atoms with Crippen LogP contribution in [0, 0.1) is 5.92 Å². The van der Waals surface area contributed by atoms with Gasteiger partial charge in [0.25, 0.3) is 5.56 Å². The number of aromatic amines is 1. The zero-order valence-electron chi connectivity index (χ0n) is 18.2. The maximum Gasteiger partial charge on any atom is 0.329 e. The summed E-state index contributed by atoms with van der Waals surface area (Å²) in [5, 5.41) is 0.406. The molecule has 2 aromatic rings. The predicted molar refractivity (Wildman–Crippen MR) is 119 cm³/mol. The minimum absolute atomic E-state index is 0.215. The molecule has 2 aliphatic heterocycles. The number of methoxy groups -OCH3 is 1. The number of carbonyl (C=O) groups is 1. The molecule has 168 valence electrons. The molecule has 0 spiro atoms. The van der Waals surface area contributed by atoms with Crippen molar-refractivity contribution in [1.29, 1.82) is 0 Å². The van der Waals surface area contributed by atoms with E-state index in [2.05, 4.69) is 9.88 Å². The number of piperidine rings is 2. The zero-order chi connectivity index (χ0) is 21.8. The first-order valence-electron chi connectivity index (χ1n) is 11.3. The number of hydrogen-bond donors (Lipinski definition) is 1. The van der Waals surface area contributed by atoms with E-state index in [1.165, 1.54) is 19.3 Å². The van der Waals surface area contributed by atoms with Crippen LogP contribution in [0.1, 0.15) is 32.1 Å². The first-order chi connectivity index (χ1) is 15.1. The Labute approximate surface area is 181 Å². The normalized spacial score (nSPS) is 21.7. The molecule has 0 bridgehead atoms. The first kappa shape index (κ1) is 21.8. The topological polar surface area (TPSA) is 87.6 Å². The van der Waals surface area contributed by atoms with Crippen molar-refractivity contribution >= 4 is 16.8 Å². The van der Waals surface area contributed by atoms with Crippen molar-refractivity contribution in [3.63, 3.8) is 0 Å². The lowest BCUT2D eigenvalue weighted by Crippen LogP contribution is -2.52. The highest BCUT2D eigenvalue weighted by atomic mass is 16.5. The smallest absolute Gasteiger partial charge is 0.329 e. The van der Waals surface area contributed by atoms with Crippen LogP contribution in [0.2, 0.25) is 0 Å². The van der Waals surface area contributed by atoms with E-state index in [4.69, 9.17) is 4.74 Å². The maximum absolute atomic E-state index is 13.2. The van der Waals surface area contributed by atoms with Crippen molar-refractivity contribution in [3.05, 3.63) is 45.1 Å². The van der Waals surface area contributed by atoms with E-state index in [1.807, 2.05) is 0 Å². The first-order valence-corrected chi connectivity index (χ1v) is 11.3. The molecule has 2 aliphatic rings. The number of aromatic nitrogens is 2. The second-order valence-electron chi connectivity index (χ2n) is 8.70. The third kappa shape index (κ3) is 4.75. The van der Waals surface area contributed by atoms with Gasteiger partial charge in [-0.25, -0.2) is 4.79 Å². The second kappa shape index (κ2) is 9.78. The van der Waals surface area contributed by atoms with Crippen molar-refractivity contribution in [2.75, 3.05) is 39.9 Å². The summed E-state index contributed by atoms with van der Waals surface area (Å²) in [4.78, 5) is 45.7. The quantitative estimate of drug-likeness (QED) is 0.721. The average Bonchev–Trinajstić information content (AvgIpc) is 2.79. The van der Waals surface area contributed by atoms with E-state index >= 15 is 0 Å². The van der Waals surface area contributed by atoms with Gasteiger partial charge in [-0.2, -0.15) is 0 Å². The molecule has 2 atom stereocenters. The van der Waals surface area contributed by atoms with Gasteiger partial charge in [-0.05, 0) is 56.8 Å². The van der Waals surface area contributed by atoms with Gasteiger partial charge in [0.1, 0.15) is 6.54 Å². The number of nitrogens with one attached hydrogen (secondary N) is 1. The number of fused-ring (bicyclic) bond motifs is 2. The second-order valence-corrected chi connectivity index (χ2v) is 8.70. The van der Waals surface area contributed by atoms with Crippen LogP contribution in [-0.4, -0.2) is 71.2 Å². The van der Waals surface area contributed by atoms with Crippen molar-refractivity contribution in [3.8, 4) is 0 Å². The van der Waals surface area contributed by atoms with Gasteiger partial charge in [0.15, 0.2) is 0 Å². The standard InChI is InChI=1S/C23H32N4O4/c1-31-14-13-26(15-17-7-6-12-25-11-5-4-10-20(17)25)21(28)16-27-22(29)18-8-2-3-9-19(18)24-23(27)30/h2-3,8-9,17,20H,4-7,10-16H2,1H3,(H,24,30)/t17-,20-/m0/s1. The summed E-state index contributed by atoms with van der Waals surface area (Å²) in [6.45, 7) is 3.56. The number of nitrogens with zero attached hydrogens (tertiary/aromatic N) is 3. The lowest BCUT2D eigenvalue weighted by molar-refractivity contribution is -0.134. The van der Waals surface area contributed by atoms with E-state index in [0.29, 0.717) is 42.6 Å². The van der Waals surface area contributed by atoms with Crippen LogP contribution in [0.5, 0.6) is 0 Å². The highest BCUT2D eigenvalue weighted by molar-refractivity contribution is 5.79. The summed E-state index contributed by atoms with van der Waals surface area (Å²) in [5.74, 6) is 0.203. The van der Waals surface area contributed by atoms with Crippen LogP contribution in [-0.2, 0) is 16.1 Å². The van der Waals surface area contributed by atoms with E-state index in [-0.39, 0.29) is 12.5 Å². The van der Waals surface area contributed by atoms with Gasteiger partial charge in [-0.1, -0.05) is 18.6 Å². The lowest BCUT2D eigenvalue weighted by atomic mass is 9.83. The van der Waals surface area contributed by atoms with Crippen LogP contribution >= 0.6 is 0 Å². The third-order valence-electron chi connectivity index (χ3n) is 6.78. The summed E-state index contributed by atoms with van der Waals surface area (Å²) in [7, 11) is 1.62. The number of amides is 1. The van der Waals surface area contributed by atoms with Crippen LogP contribution in [0.3, 0.4) is 0 Å². The van der Waals surface area contributed by atoms with Crippen LogP contribution in [0.25, 0.3) is 10.9 Å². The van der Waals surface area contributed by atoms with Gasteiger partial charge < -0.3 is 19.5 Å². The minimum Gasteiger partial charge on any atom is -0.383 e. The molecule has 1 N–H and O–H groups in total. The summed E-state index contributed by atoms with van der Waals surface area (Å²) in [5.41, 5.74) is -0.507. The van der Waals surface area contributed by atoms with Gasteiger partial charge >= 0.3 is 5.69 Å². The van der Waals surface area contributed by atoms with Gasteiger partial charge in [-0.15, -0.1) is 0 Å². The van der Waals surface area contributed by atoms with Gasteiger partial charge in [0, 0.05) is 26.2 Å². The molecule has 1 aromatic carbocycles. The molecular formula is C23H32N4O4. The van der Waals surface area contributed by atoms with Crippen LogP contribution in [0.4, 0.5) is 0 Å². The van der Waals surface area contributed by atoms with E-state index in [9.17, 15) is 14.4 Å². The monoisotopic (exact) mass is 428 g/mol. The molecule has 0 unspecified atom stereocenters. The summed E-state index contributed by atoms with van der Waals surface area (Å²) < 4.78 is 6.25. The van der Waals surface area contributed by atoms with Crippen LogP contribution < -0.4 is 11.2 Å². The van der Waals surface area contributed by atoms with Crippen molar-refractivity contribution in [2.24, 2.45) is 5.92 Å². The zero-order valence-corrected chi connectivity index (χ0v) is 18.2. The number of hydrogen-bond acceptors (Lipinski definition) is 5. The molecule has 3 heterocycles. The molecule has 4 rings (SSSR count). The average molecular weight is 429 g/mol. The fraction of sp³-hybridized carbons (Fsp3) is 0.609. The summed E-state index contributed by atoms with van der Waals surface area (Å²) in [6, 6.07) is 7.38. The van der Waals surface area contributed by atoms with E-state index < -0.39 is 11.2 Å². The summed E-state index contributed by atoms with van der Waals surface area (Å²) in [6.07, 6.45) is 5.93. The molecule has 8 nitrogen and oxygen atoms in total. The Bertz CT molecular complexity index is 1030.